The van der Waals surface area contributed by atoms with Gasteiger partial charge in [-0.05, 0) is 6.92 Å². The summed E-state index contributed by atoms with van der Waals surface area (Å²) in [4.78, 5) is 0. The minimum absolute atomic E-state index is 0. The van der Waals surface area contributed by atoms with Gasteiger partial charge < -0.3 is 36.3 Å². The molecule has 0 aliphatic carbocycles. The van der Waals surface area contributed by atoms with Crippen molar-refractivity contribution in [3.05, 3.63) is 0 Å². The van der Waals surface area contributed by atoms with E-state index in [1.807, 2.05) is 0 Å². The van der Waals surface area contributed by atoms with Crippen LogP contribution in [-0.2, 0) is 17.1 Å². The third-order valence-electron chi connectivity index (χ3n) is 0. The minimum atomic E-state index is -0.167. The molecule has 1 radical (unpaired) electrons. The Morgan fingerprint density at radius 1 is 1.00 bits per heavy atom. The Hall–Kier alpha value is 1.60. The van der Waals surface area contributed by atoms with Gasteiger partial charge in [0.05, 0.1) is 0 Å². The van der Waals surface area contributed by atoms with Crippen LogP contribution in [0.25, 0.3) is 0 Å². The molecule has 0 aliphatic heterocycles. The van der Waals surface area contributed by atoms with Crippen molar-refractivity contribution < 1.29 is 41.9 Å². The molecule has 7 heteroatoms. The molecule has 0 aliphatic rings. The van der Waals surface area contributed by atoms with E-state index in [-0.39, 0.29) is 72.9 Å². The van der Waals surface area contributed by atoms with Gasteiger partial charge in [0.15, 0.2) is 0 Å². The van der Waals surface area contributed by atoms with Crippen LogP contribution in [0.4, 0.5) is 0 Å². The third-order valence-corrected chi connectivity index (χ3v) is 0. The molecule has 0 spiro atoms. The van der Waals surface area contributed by atoms with Crippen LogP contribution in [0, 0.1) is 0 Å². The van der Waals surface area contributed by atoms with E-state index >= 15 is 0 Å². The standard InChI is InChI=1S/C2H8N2.4ClH.Mn/c1-2(3)4;;;;;/h2H,3-4H2,1H3;4*1H;/q;;;;;+2/p-2. The summed E-state index contributed by atoms with van der Waals surface area (Å²) in [5, 5.41) is 0. The number of nitrogens with two attached hydrogens (primary N) is 2. The molecule has 0 aromatic heterocycles. The van der Waals surface area contributed by atoms with Gasteiger partial charge in [-0.1, -0.05) is 0 Å². The van der Waals surface area contributed by atoms with E-state index < -0.39 is 0 Å². The Labute approximate surface area is 91.0 Å². The first-order valence-corrected chi connectivity index (χ1v) is 1.24. The molecule has 0 fully saturated rings. The van der Waals surface area contributed by atoms with Gasteiger partial charge >= 0.3 is 17.1 Å². The van der Waals surface area contributed by atoms with Gasteiger partial charge in [0.2, 0.25) is 0 Å². The fraction of sp³-hybridized carbons (Fsp3) is 1.00. The summed E-state index contributed by atoms with van der Waals surface area (Å²) in [6.45, 7) is 1.72. The summed E-state index contributed by atoms with van der Waals surface area (Å²) in [5.74, 6) is 0. The SMILES string of the molecule is CC(N)N.Cl.Cl.[Cl-].[Cl-].[Mn+2]. The van der Waals surface area contributed by atoms with Gasteiger partial charge in [0.25, 0.3) is 0 Å². The maximum atomic E-state index is 4.89. The Balaban J connectivity index is -0.00000000450. The van der Waals surface area contributed by atoms with Gasteiger partial charge in [0, 0.05) is 6.17 Å². The van der Waals surface area contributed by atoms with Crippen LogP contribution < -0.4 is 36.3 Å². The summed E-state index contributed by atoms with van der Waals surface area (Å²) in [6.07, 6.45) is -0.167. The maximum absolute atomic E-state index is 4.89. The molecule has 0 saturated carbocycles. The number of hydrogen-bond acceptors (Lipinski definition) is 2. The van der Waals surface area contributed by atoms with E-state index in [1.165, 1.54) is 0 Å². The second-order valence-corrected chi connectivity index (χ2v) is 0.859. The van der Waals surface area contributed by atoms with Crippen LogP contribution in [0.15, 0.2) is 0 Å². The molecule has 9 heavy (non-hydrogen) atoms. The maximum Gasteiger partial charge on any atom is 2.00 e. The molecule has 0 amide bonds. The molecule has 0 saturated heterocycles. The van der Waals surface area contributed by atoms with Crippen molar-refractivity contribution in [1.29, 1.82) is 0 Å². The number of halogens is 4. The van der Waals surface area contributed by atoms with Crippen LogP contribution in [0.5, 0.6) is 0 Å². The van der Waals surface area contributed by atoms with Crippen LogP contribution in [0.3, 0.4) is 0 Å². The largest absolute Gasteiger partial charge is 2.00 e. The first kappa shape index (κ1) is 46.2. The van der Waals surface area contributed by atoms with Crippen molar-refractivity contribution >= 4 is 24.8 Å². The molecular weight excluding hydrogens is 249 g/mol. The first-order valence-electron chi connectivity index (χ1n) is 1.24. The topological polar surface area (TPSA) is 52.0 Å². The quantitative estimate of drug-likeness (QED) is 0.336. The summed E-state index contributed by atoms with van der Waals surface area (Å²) in [6, 6.07) is 0. The van der Waals surface area contributed by atoms with Crippen molar-refractivity contribution in [2.45, 2.75) is 13.1 Å². The zero-order valence-electron chi connectivity index (χ0n) is 4.68. The van der Waals surface area contributed by atoms with Gasteiger partial charge in [-0.25, -0.2) is 0 Å². The van der Waals surface area contributed by atoms with Crippen molar-refractivity contribution in [2.75, 3.05) is 0 Å². The molecule has 2 nitrogen and oxygen atoms in total. The fourth-order valence-electron chi connectivity index (χ4n) is 0. The Morgan fingerprint density at radius 2 is 1.00 bits per heavy atom. The van der Waals surface area contributed by atoms with E-state index in [9.17, 15) is 0 Å². The zero-order chi connectivity index (χ0) is 3.58. The molecule has 63 valence electrons. The molecule has 0 atom stereocenters. The number of rotatable bonds is 0. The van der Waals surface area contributed by atoms with Crippen LogP contribution >= 0.6 is 24.8 Å². The van der Waals surface area contributed by atoms with Crippen LogP contribution in [0.1, 0.15) is 6.92 Å². The summed E-state index contributed by atoms with van der Waals surface area (Å²) < 4.78 is 0. The van der Waals surface area contributed by atoms with Crippen LogP contribution in [-0.4, -0.2) is 6.17 Å². The molecule has 4 N–H and O–H groups in total. The summed E-state index contributed by atoms with van der Waals surface area (Å²) >= 11 is 0. The molecular formula is C2H10Cl4MnN2. The minimum Gasteiger partial charge on any atom is -1.00 e. The molecule has 0 bridgehead atoms. The van der Waals surface area contributed by atoms with Crippen molar-refractivity contribution in [3.8, 4) is 0 Å². The van der Waals surface area contributed by atoms with E-state index in [0.717, 1.165) is 0 Å². The predicted octanol–water partition coefficient (Wildman–Crippen LogP) is -5.90. The number of hydrogen-bond donors (Lipinski definition) is 2. The van der Waals surface area contributed by atoms with Crippen molar-refractivity contribution in [1.82, 2.24) is 0 Å². The van der Waals surface area contributed by atoms with E-state index in [1.54, 1.807) is 6.92 Å². The zero-order valence-corrected chi connectivity index (χ0v) is 9.01. The predicted molar refractivity (Wildman–Crippen MR) is 32.3 cm³/mol. The van der Waals surface area contributed by atoms with Gasteiger partial charge in [-0.2, -0.15) is 0 Å². The Kier molecular flexibility index (Phi) is 172. The van der Waals surface area contributed by atoms with E-state index in [4.69, 9.17) is 11.5 Å². The first-order chi connectivity index (χ1) is 1.73. The fourth-order valence-corrected chi connectivity index (χ4v) is 0. The van der Waals surface area contributed by atoms with Gasteiger partial charge in [0.1, 0.15) is 0 Å². The van der Waals surface area contributed by atoms with Crippen molar-refractivity contribution in [3.63, 3.8) is 0 Å². The van der Waals surface area contributed by atoms with Gasteiger partial charge in [-0.3, -0.25) is 0 Å². The monoisotopic (exact) mass is 257 g/mol. The van der Waals surface area contributed by atoms with E-state index in [2.05, 4.69) is 0 Å². The second-order valence-electron chi connectivity index (χ2n) is 0.859. The summed E-state index contributed by atoms with van der Waals surface area (Å²) in [5.41, 5.74) is 9.78. The van der Waals surface area contributed by atoms with Crippen molar-refractivity contribution in [2.24, 2.45) is 11.5 Å². The molecule has 0 aromatic carbocycles. The second kappa shape index (κ2) is 33.6. The molecule has 0 heterocycles. The molecule has 0 aromatic rings. The van der Waals surface area contributed by atoms with Gasteiger partial charge in [-0.15, -0.1) is 24.8 Å². The Bertz CT molecular complexity index is 21.3. The average molecular weight is 259 g/mol. The third kappa shape index (κ3) is 217. The smallest absolute Gasteiger partial charge is 1.00 e. The Morgan fingerprint density at radius 3 is 1.00 bits per heavy atom. The molecule has 0 rings (SSSR count). The van der Waals surface area contributed by atoms with E-state index in [0.29, 0.717) is 0 Å². The summed E-state index contributed by atoms with van der Waals surface area (Å²) in [7, 11) is 0. The van der Waals surface area contributed by atoms with Crippen LogP contribution in [0.2, 0.25) is 0 Å². The average Bonchev–Trinajstić information content (AvgIpc) is 0.811. The molecule has 0 unspecified atom stereocenters. The normalized spacial score (nSPS) is 4.00.